The van der Waals surface area contributed by atoms with Crippen LogP contribution in [0.3, 0.4) is 0 Å². The van der Waals surface area contributed by atoms with Crippen LogP contribution in [0.2, 0.25) is 5.02 Å². The van der Waals surface area contributed by atoms with Gasteiger partial charge in [0, 0.05) is 10.6 Å². The fourth-order valence-electron chi connectivity index (χ4n) is 1.97. The van der Waals surface area contributed by atoms with E-state index in [1.54, 1.807) is 6.07 Å². The van der Waals surface area contributed by atoms with Gasteiger partial charge in [-0.15, -0.1) is 0 Å². The molecule has 0 saturated carbocycles. The highest BCUT2D eigenvalue weighted by Crippen LogP contribution is 2.31. The standard InChI is InChI=1S/C15H13ClF2O/c1-8-3-4-9(2)10(5-8)15(19)11-6-13(17)14(18)7-12(11)16/h3-7,15,19H,1-2H3. The second-order valence-corrected chi connectivity index (χ2v) is 4.96. The minimum Gasteiger partial charge on any atom is -0.384 e. The molecule has 4 heteroatoms. The van der Waals surface area contributed by atoms with Crippen molar-refractivity contribution in [1.29, 1.82) is 0 Å². The summed E-state index contributed by atoms with van der Waals surface area (Å²) in [4.78, 5) is 0. The van der Waals surface area contributed by atoms with Crippen molar-refractivity contribution < 1.29 is 13.9 Å². The normalized spacial score (nSPS) is 12.5. The van der Waals surface area contributed by atoms with Crippen LogP contribution in [0.1, 0.15) is 28.4 Å². The molecule has 100 valence electrons. The van der Waals surface area contributed by atoms with Crippen LogP contribution in [-0.2, 0) is 0 Å². The van der Waals surface area contributed by atoms with Crippen LogP contribution in [-0.4, -0.2) is 5.11 Å². The second kappa shape index (κ2) is 5.27. The minimum atomic E-state index is -1.08. The van der Waals surface area contributed by atoms with E-state index in [2.05, 4.69) is 0 Å². The molecule has 0 radical (unpaired) electrons. The fraction of sp³-hybridized carbons (Fsp3) is 0.200. The summed E-state index contributed by atoms with van der Waals surface area (Å²) in [5, 5.41) is 10.3. The van der Waals surface area contributed by atoms with Crippen LogP contribution < -0.4 is 0 Å². The predicted molar refractivity (Wildman–Crippen MR) is 71.3 cm³/mol. The summed E-state index contributed by atoms with van der Waals surface area (Å²) in [6.07, 6.45) is -1.08. The van der Waals surface area contributed by atoms with E-state index in [4.69, 9.17) is 11.6 Å². The molecule has 0 aliphatic carbocycles. The Balaban J connectivity index is 2.52. The highest BCUT2D eigenvalue weighted by Gasteiger charge is 2.18. The molecular weight excluding hydrogens is 270 g/mol. The van der Waals surface area contributed by atoms with E-state index in [0.717, 1.165) is 23.3 Å². The van der Waals surface area contributed by atoms with Crippen LogP contribution in [0.4, 0.5) is 8.78 Å². The number of hydrogen-bond acceptors (Lipinski definition) is 1. The quantitative estimate of drug-likeness (QED) is 0.814. The molecule has 19 heavy (non-hydrogen) atoms. The maximum atomic E-state index is 13.3. The molecule has 0 heterocycles. The molecule has 1 unspecified atom stereocenters. The number of aryl methyl sites for hydroxylation is 2. The Morgan fingerprint density at radius 1 is 1.00 bits per heavy atom. The molecule has 2 rings (SSSR count). The number of rotatable bonds is 2. The van der Waals surface area contributed by atoms with Gasteiger partial charge in [-0.2, -0.15) is 0 Å². The van der Waals surface area contributed by atoms with Crippen molar-refractivity contribution in [1.82, 2.24) is 0 Å². The maximum Gasteiger partial charge on any atom is 0.160 e. The molecule has 0 saturated heterocycles. The summed E-state index contributed by atoms with van der Waals surface area (Å²) in [7, 11) is 0. The summed E-state index contributed by atoms with van der Waals surface area (Å²) in [5.74, 6) is -2.05. The Bertz CT molecular complexity index is 626. The molecule has 1 N–H and O–H groups in total. The van der Waals surface area contributed by atoms with E-state index < -0.39 is 17.7 Å². The largest absolute Gasteiger partial charge is 0.384 e. The first-order valence-electron chi connectivity index (χ1n) is 5.80. The Morgan fingerprint density at radius 2 is 1.63 bits per heavy atom. The van der Waals surface area contributed by atoms with Gasteiger partial charge >= 0.3 is 0 Å². The van der Waals surface area contributed by atoms with Crippen molar-refractivity contribution in [3.63, 3.8) is 0 Å². The number of halogens is 3. The number of aliphatic hydroxyl groups is 1. The van der Waals surface area contributed by atoms with Gasteiger partial charge in [0.25, 0.3) is 0 Å². The summed E-state index contributed by atoms with van der Waals surface area (Å²) < 4.78 is 26.3. The summed E-state index contributed by atoms with van der Waals surface area (Å²) in [6, 6.07) is 7.39. The lowest BCUT2D eigenvalue weighted by Crippen LogP contribution is -2.04. The second-order valence-electron chi connectivity index (χ2n) is 4.55. The minimum absolute atomic E-state index is 0.00676. The highest BCUT2D eigenvalue weighted by atomic mass is 35.5. The molecule has 2 aromatic rings. The van der Waals surface area contributed by atoms with Crippen molar-refractivity contribution in [2.75, 3.05) is 0 Å². The van der Waals surface area contributed by atoms with Crippen LogP contribution >= 0.6 is 11.6 Å². The third-order valence-corrected chi connectivity index (χ3v) is 3.39. The molecule has 1 nitrogen and oxygen atoms in total. The van der Waals surface area contributed by atoms with Gasteiger partial charge in [0.1, 0.15) is 6.10 Å². The highest BCUT2D eigenvalue weighted by molar-refractivity contribution is 6.31. The van der Waals surface area contributed by atoms with Gasteiger partial charge in [0.15, 0.2) is 11.6 Å². The Morgan fingerprint density at radius 3 is 2.32 bits per heavy atom. The third-order valence-electron chi connectivity index (χ3n) is 3.06. The zero-order chi connectivity index (χ0) is 14.2. The average Bonchev–Trinajstić information content (AvgIpc) is 2.36. The lowest BCUT2D eigenvalue weighted by Gasteiger charge is -2.16. The van der Waals surface area contributed by atoms with E-state index in [1.807, 2.05) is 26.0 Å². The molecule has 0 amide bonds. The maximum absolute atomic E-state index is 13.3. The summed E-state index contributed by atoms with van der Waals surface area (Å²) >= 11 is 5.87. The van der Waals surface area contributed by atoms with Gasteiger partial charge in [0.05, 0.1) is 0 Å². The van der Waals surface area contributed by atoms with Gasteiger partial charge in [-0.25, -0.2) is 8.78 Å². The van der Waals surface area contributed by atoms with Crippen molar-refractivity contribution >= 4 is 11.6 Å². The van der Waals surface area contributed by atoms with Crippen molar-refractivity contribution in [3.8, 4) is 0 Å². The van der Waals surface area contributed by atoms with Crippen molar-refractivity contribution in [2.45, 2.75) is 20.0 Å². The number of benzene rings is 2. The van der Waals surface area contributed by atoms with Gasteiger partial charge in [-0.05, 0) is 37.1 Å². The molecule has 0 bridgehead atoms. The van der Waals surface area contributed by atoms with Crippen LogP contribution in [0.15, 0.2) is 30.3 Å². The molecule has 1 atom stereocenters. The number of aliphatic hydroxyl groups excluding tert-OH is 1. The molecule has 0 aromatic heterocycles. The van der Waals surface area contributed by atoms with Crippen LogP contribution in [0.5, 0.6) is 0 Å². The van der Waals surface area contributed by atoms with Gasteiger partial charge < -0.3 is 5.11 Å². The van der Waals surface area contributed by atoms with Crippen molar-refractivity contribution in [2.24, 2.45) is 0 Å². The van der Waals surface area contributed by atoms with Gasteiger partial charge in [-0.3, -0.25) is 0 Å². The first kappa shape index (κ1) is 14.0. The summed E-state index contributed by atoms with van der Waals surface area (Å²) in [6.45, 7) is 3.73. The first-order chi connectivity index (χ1) is 8.90. The molecular formula is C15H13ClF2O. The first-order valence-corrected chi connectivity index (χ1v) is 6.17. The zero-order valence-corrected chi connectivity index (χ0v) is 11.3. The topological polar surface area (TPSA) is 20.2 Å². The van der Waals surface area contributed by atoms with E-state index in [0.29, 0.717) is 5.56 Å². The molecule has 0 spiro atoms. The van der Waals surface area contributed by atoms with Crippen molar-refractivity contribution in [3.05, 3.63) is 69.2 Å². The lowest BCUT2D eigenvalue weighted by atomic mass is 9.95. The van der Waals surface area contributed by atoms with E-state index in [9.17, 15) is 13.9 Å². The fourth-order valence-corrected chi connectivity index (χ4v) is 2.22. The van der Waals surface area contributed by atoms with Crippen LogP contribution in [0, 0.1) is 25.5 Å². The number of hydrogen-bond donors (Lipinski definition) is 1. The Kier molecular flexibility index (Phi) is 3.88. The van der Waals surface area contributed by atoms with E-state index in [1.165, 1.54) is 0 Å². The predicted octanol–water partition coefficient (Wildman–Crippen LogP) is 4.32. The average molecular weight is 283 g/mol. The molecule has 0 aliphatic rings. The third kappa shape index (κ3) is 2.77. The van der Waals surface area contributed by atoms with Gasteiger partial charge in [0.2, 0.25) is 0 Å². The van der Waals surface area contributed by atoms with Crippen LogP contribution in [0.25, 0.3) is 0 Å². The summed E-state index contributed by atoms with van der Waals surface area (Å²) in [5.41, 5.74) is 2.62. The SMILES string of the molecule is Cc1ccc(C)c(C(O)c2cc(F)c(F)cc2Cl)c1. The molecule has 2 aromatic carbocycles. The Hall–Kier alpha value is -1.45. The van der Waals surface area contributed by atoms with Gasteiger partial charge in [-0.1, -0.05) is 35.4 Å². The molecule has 0 aliphatic heterocycles. The lowest BCUT2D eigenvalue weighted by molar-refractivity contribution is 0.219. The van der Waals surface area contributed by atoms with E-state index in [-0.39, 0.29) is 10.6 Å². The monoisotopic (exact) mass is 282 g/mol. The smallest absolute Gasteiger partial charge is 0.160 e. The Labute approximate surface area is 115 Å². The molecule has 0 fully saturated rings. The zero-order valence-electron chi connectivity index (χ0n) is 10.5. The van der Waals surface area contributed by atoms with E-state index >= 15 is 0 Å².